The number of imidazole rings is 2. The molecule has 0 unspecified atom stereocenters. The number of hydrogen-bond acceptors (Lipinski definition) is 8. The summed E-state index contributed by atoms with van der Waals surface area (Å²) in [6, 6.07) is 0. The molecule has 0 radical (unpaired) electrons. The van der Waals surface area contributed by atoms with Crippen LogP contribution in [0, 0.1) is 11.8 Å². The van der Waals surface area contributed by atoms with Crippen LogP contribution in [0.4, 0.5) is 0 Å². The Bertz CT molecular complexity index is 871. The van der Waals surface area contributed by atoms with Gasteiger partial charge >= 0.3 is 11.9 Å². The van der Waals surface area contributed by atoms with Gasteiger partial charge in [0.05, 0.1) is 23.2 Å². The number of Topliss-reactive ketones (excluding diaryl/α,β-unsaturated/α-hetero) is 2. The van der Waals surface area contributed by atoms with Gasteiger partial charge in [-0.1, -0.05) is 12.8 Å². The van der Waals surface area contributed by atoms with Crippen LogP contribution in [0.5, 0.6) is 0 Å². The second-order valence-electron chi connectivity index (χ2n) is 7.31. The van der Waals surface area contributed by atoms with E-state index in [1.165, 1.54) is 26.2 Å². The molecule has 0 saturated heterocycles. The molecule has 160 valence electrons. The topological polar surface area (TPSA) is 144 Å². The Morgan fingerprint density at radius 3 is 1.57 bits per heavy atom. The van der Waals surface area contributed by atoms with Gasteiger partial charge in [-0.3, -0.25) is 19.2 Å². The average Bonchev–Trinajstić information content (AvgIpc) is 3.40. The highest BCUT2D eigenvalue weighted by molar-refractivity contribution is 5.90. The number of carbonyl (C=O) groups excluding carboxylic acids is 4. The Morgan fingerprint density at radius 2 is 1.23 bits per heavy atom. The largest absolute Gasteiger partial charge is 0.459 e. The molecule has 1 aliphatic carbocycles. The zero-order valence-corrected chi connectivity index (χ0v) is 16.9. The number of rotatable bonds is 8. The minimum absolute atomic E-state index is 0.0814. The molecule has 1 aliphatic rings. The number of nitrogens with one attached hydrogen (secondary N) is 2. The Hall–Kier alpha value is -3.30. The lowest BCUT2D eigenvalue weighted by Crippen LogP contribution is -2.35. The van der Waals surface area contributed by atoms with Gasteiger partial charge in [0.25, 0.3) is 0 Å². The molecule has 2 aromatic heterocycles. The number of ketones is 2. The number of esters is 2. The molecule has 3 rings (SSSR count). The molecule has 2 heterocycles. The lowest BCUT2D eigenvalue weighted by atomic mass is 9.79. The highest BCUT2D eigenvalue weighted by Gasteiger charge is 2.38. The normalized spacial score (nSPS) is 18.6. The van der Waals surface area contributed by atoms with Crippen molar-refractivity contribution in [2.75, 3.05) is 0 Å². The van der Waals surface area contributed by atoms with Crippen LogP contribution in [0.2, 0.25) is 0 Å². The SMILES string of the molecule is CC(=O)c1nc(COC(=O)[C@H]2CCCC[C@@H]2C(=O)OCc2c[nH]c(C(C)=O)n2)c[nH]1. The van der Waals surface area contributed by atoms with Gasteiger partial charge < -0.3 is 19.4 Å². The van der Waals surface area contributed by atoms with Gasteiger partial charge in [-0.25, -0.2) is 9.97 Å². The zero-order valence-electron chi connectivity index (χ0n) is 16.9. The summed E-state index contributed by atoms with van der Waals surface area (Å²) in [4.78, 5) is 61.3. The van der Waals surface area contributed by atoms with Crippen LogP contribution in [0.15, 0.2) is 12.4 Å². The van der Waals surface area contributed by atoms with E-state index >= 15 is 0 Å². The van der Waals surface area contributed by atoms with Crippen molar-refractivity contribution in [3.05, 3.63) is 35.4 Å². The van der Waals surface area contributed by atoms with Gasteiger partial charge in [0.1, 0.15) is 13.2 Å². The average molecular weight is 416 g/mol. The zero-order chi connectivity index (χ0) is 21.7. The van der Waals surface area contributed by atoms with Crippen molar-refractivity contribution in [2.45, 2.75) is 52.7 Å². The molecule has 0 bridgehead atoms. The first-order valence-corrected chi connectivity index (χ1v) is 9.79. The molecule has 0 aromatic carbocycles. The maximum atomic E-state index is 12.6. The molecular formula is C20H24N4O6. The predicted octanol–water partition coefficient (Wildman–Crippen LogP) is 2.13. The molecular weight excluding hydrogens is 392 g/mol. The van der Waals surface area contributed by atoms with E-state index in [4.69, 9.17) is 9.47 Å². The fraction of sp³-hybridized carbons (Fsp3) is 0.500. The predicted molar refractivity (Wildman–Crippen MR) is 102 cm³/mol. The number of hydrogen-bond donors (Lipinski definition) is 2. The molecule has 1 fully saturated rings. The van der Waals surface area contributed by atoms with Gasteiger partial charge in [-0.2, -0.15) is 0 Å². The maximum Gasteiger partial charge on any atom is 0.310 e. The summed E-state index contributed by atoms with van der Waals surface area (Å²) in [5, 5.41) is 0. The van der Waals surface area contributed by atoms with E-state index in [1.54, 1.807) is 0 Å². The van der Waals surface area contributed by atoms with Crippen molar-refractivity contribution in [3.8, 4) is 0 Å². The summed E-state index contributed by atoms with van der Waals surface area (Å²) in [6.45, 7) is 2.61. The molecule has 0 spiro atoms. The first-order valence-electron chi connectivity index (χ1n) is 9.79. The lowest BCUT2D eigenvalue weighted by molar-refractivity contribution is -0.164. The van der Waals surface area contributed by atoms with E-state index in [2.05, 4.69) is 19.9 Å². The van der Waals surface area contributed by atoms with Crippen molar-refractivity contribution in [3.63, 3.8) is 0 Å². The highest BCUT2D eigenvalue weighted by Crippen LogP contribution is 2.32. The quantitative estimate of drug-likeness (QED) is 0.492. The number of aromatic nitrogens is 4. The van der Waals surface area contributed by atoms with Crippen molar-refractivity contribution < 1.29 is 28.7 Å². The third kappa shape index (κ3) is 5.19. The van der Waals surface area contributed by atoms with Gasteiger partial charge in [0.2, 0.25) is 0 Å². The van der Waals surface area contributed by atoms with Crippen LogP contribution in [0.1, 0.15) is 72.2 Å². The summed E-state index contributed by atoms with van der Waals surface area (Å²) < 4.78 is 10.7. The molecule has 2 atom stereocenters. The van der Waals surface area contributed by atoms with Gasteiger partial charge in [-0.05, 0) is 12.8 Å². The van der Waals surface area contributed by atoms with E-state index in [0.717, 1.165) is 12.8 Å². The van der Waals surface area contributed by atoms with Crippen LogP contribution < -0.4 is 0 Å². The maximum absolute atomic E-state index is 12.6. The Balaban J connectivity index is 1.55. The minimum Gasteiger partial charge on any atom is -0.459 e. The molecule has 0 amide bonds. The summed E-state index contributed by atoms with van der Waals surface area (Å²) in [7, 11) is 0. The van der Waals surface area contributed by atoms with Gasteiger partial charge in [-0.15, -0.1) is 0 Å². The van der Waals surface area contributed by atoms with Crippen LogP contribution in [0.25, 0.3) is 0 Å². The molecule has 10 nitrogen and oxygen atoms in total. The summed E-state index contributed by atoms with van der Waals surface area (Å²) in [5.74, 6) is -2.18. The molecule has 2 N–H and O–H groups in total. The van der Waals surface area contributed by atoms with Crippen LogP contribution in [-0.2, 0) is 32.3 Å². The Labute approximate surface area is 172 Å². The fourth-order valence-electron chi connectivity index (χ4n) is 3.43. The second-order valence-corrected chi connectivity index (χ2v) is 7.31. The summed E-state index contributed by atoms with van der Waals surface area (Å²) >= 11 is 0. The second kappa shape index (κ2) is 9.47. The first kappa shape index (κ1) is 21.4. The highest BCUT2D eigenvalue weighted by atomic mass is 16.5. The molecule has 2 aromatic rings. The third-order valence-electron chi connectivity index (χ3n) is 5.02. The first-order chi connectivity index (χ1) is 14.3. The van der Waals surface area contributed by atoms with Crippen LogP contribution in [-0.4, -0.2) is 43.4 Å². The van der Waals surface area contributed by atoms with Crippen molar-refractivity contribution >= 4 is 23.5 Å². The van der Waals surface area contributed by atoms with E-state index in [-0.39, 0.29) is 36.4 Å². The van der Waals surface area contributed by atoms with Crippen LogP contribution >= 0.6 is 0 Å². The Kier molecular flexibility index (Phi) is 6.76. The molecule has 0 aliphatic heterocycles. The standard InChI is InChI=1S/C20H24N4O6/c1-11(25)17-21-7-13(23-17)9-29-19(27)15-5-3-4-6-16(15)20(28)30-10-14-8-22-18(24-14)12(2)26/h7-8,15-16H,3-6,9-10H2,1-2H3,(H,21,23)(H,22,24)/t15-,16-/m0/s1. The number of carbonyl (C=O) groups is 4. The number of aromatic amines is 2. The number of nitrogens with zero attached hydrogens (tertiary/aromatic N) is 2. The summed E-state index contributed by atoms with van der Waals surface area (Å²) in [6.07, 6.45) is 5.73. The van der Waals surface area contributed by atoms with Gasteiger partial charge in [0.15, 0.2) is 23.2 Å². The van der Waals surface area contributed by atoms with E-state index in [1.807, 2.05) is 0 Å². The molecule has 1 saturated carbocycles. The van der Waals surface area contributed by atoms with Crippen molar-refractivity contribution in [1.82, 2.24) is 19.9 Å². The number of H-pyrrole nitrogens is 2. The van der Waals surface area contributed by atoms with E-state index < -0.39 is 23.8 Å². The number of ether oxygens (including phenoxy) is 2. The molecule has 10 heteroatoms. The van der Waals surface area contributed by atoms with Crippen molar-refractivity contribution in [2.24, 2.45) is 11.8 Å². The minimum atomic E-state index is -0.593. The van der Waals surface area contributed by atoms with Gasteiger partial charge in [0, 0.05) is 26.2 Å². The molecule has 30 heavy (non-hydrogen) atoms. The van der Waals surface area contributed by atoms with Crippen LogP contribution in [0.3, 0.4) is 0 Å². The van der Waals surface area contributed by atoms with Crippen molar-refractivity contribution in [1.29, 1.82) is 0 Å². The van der Waals surface area contributed by atoms with E-state index in [9.17, 15) is 19.2 Å². The Morgan fingerprint density at radius 1 is 0.833 bits per heavy atom. The smallest absolute Gasteiger partial charge is 0.310 e. The lowest BCUT2D eigenvalue weighted by Gasteiger charge is -2.28. The van der Waals surface area contributed by atoms with E-state index in [0.29, 0.717) is 24.2 Å². The third-order valence-corrected chi connectivity index (χ3v) is 5.02. The monoisotopic (exact) mass is 416 g/mol. The summed E-state index contributed by atoms with van der Waals surface area (Å²) in [5.41, 5.74) is 0.867. The fourth-order valence-corrected chi connectivity index (χ4v) is 3.43.